The van der Waals surface area contributed by atoms with E-state index in [1.54, 1.807) is 0 Å². The zero-order valence-corrected chi connectivity index (χ0v) is 12.5. The van der Waals surface area contributed by atoms with Gasteiger partial charge in [-0.2, -0.15) is 0 Å². The van der Waals surface area contributed by atoms with Crippen molar-refractivity contribution in [2.75, 3.05) is 19.6 Å². The summed E-state index contributed by atoms with van der Waals surface area (Å²) in [5.41, 5.74) is 1.52. The van der Waals surface area contributed by atoms with Crippen LogP contribution >= 0.6 is 0 Å². The van der Waals surface area contributed by atoms with Gasteiger partial charge in [-0.1, -0.05) is 30.3 Å². The van der Waals surface area contributed by atoms with Gasteiger partial charge >= 0.3 is 0 Å². The molecule has 0 N–H and O–H groups in total. The second-order valence-corrected chi connectivity index (χ2v) is 6.99. The molecule has 0 amide bonds. The molecule has 1 aromatic rings. The number of hydrogen-bond acceptors (Lipinski definition) is 2. The maximum Gasteiger partial charge on any atom is 0.0478 e. The standard InChI is InChI=1S/C18H26N2/c1-14(15-9-10-15)20-12-17-8-5-11-19(17)13-18(20)16-6-3-2-4-7-16/h2-4,6-7,14-15,17-18H,5,8-13H2,1H3. The third-order valence-electron chi connectivity index (χ3n) is 5.74. The molecule has 108 valence electrons. The summed E-state index contributed by atoms with van der Waals surface area (Å²) in [6.45, 7) is 6.32. The van der Waals surface area contributed by atoms with Crippen LogP contribution in [0.1, 0.15) is 44.2 Å². The van der Waals surface area contributed by atoms with E-state index in [0.29, 0.717) is 6.04 Å². The predicted octanol–water partition coefficient (Wildman–Crippen LogP) is 3.31. The molecule has 0 aromatic heterocycles. The fourth-order valence-electron chi connectivity index (χ4n) is 4.31. The summed E-state index contributed by atoms with van der Waals surface area (Å²) in [4.78, 5) is 5.58. The number of benzene rings is 1. The van der Waals surface area contributed by atoms with E-state index in [-0.39, 0.29) is 0 Å². The average molecular weight is 270 g/mol. The molecule has 2 nitrogen and oxygen atoms in total. The summed E-state index contributed by atoms with van der Waals surface area (Å²) in [5, 5.41) is 0. The first kappa shape index (κ1) is 12.8. The SMILES string of the molecule is CC(C1CC1)N1CC2CCCN2CC1c1ccccc1. The zero-order chi connectivity index (χ0) is 13.5. The van der Waals surface area contributed by atoms with E-state index >= 15 is 0 Å². The zero-order valence-electron chi connectivity index (χ0n) is 12.5. The van der Waals surface area contributed by atoms with Crippen molar-refractivity contribution >= 4 is 0 Å². The topological polar surface area (TPSA) is 6.48 Å². The first-order valence-electron chi connectivity index (χ1n) is 8.37. The van der Waals surface area contributed by atoms with Gasteiger partial charge in [0.25, 0.3) is 0 Å². The molecule has 3 aliphatic rings. The highest BCUT2D eigenvalue weighted by atomic mass is 15.3. The van der Waals surface area contributed by atoms with E-state index in [0.717, 1.165) is 18.0 Å². The first-order chi connectivity index (χ1) is 9.83. The van der Waals surface area contributed by atoms with Gasteiger partial charge in [0, 0.05) is 31.2 Å². The molecule has 2 saturated heterocycles. The molecular weight excluding hydrogens is 244 g/mol. The molecule has 1 aromatic carbocycles. The fourth-order valence-corrected chi connectivity index (χ4v) is 4.31. The van der Waals surface area contributed by atoms with Crippen LogP contribution < -0.4 is 0 Å². The lowest BCUT2D eigenvalue weighted by atomic mass is 9.97. The Morgan fingerprint density at radius 1 is 1.05 bits per heavy atom. The normalized spacial score (nSPS) is 33.0. The molecule has 3 atom stereocenters. The quantitative estimate of drug-likeness (QED) is 0.831. The van der Waals surface area contributed by atoms with E-state index in [2.05, 4.69) is 47.1 Å². The summed E-state index contributed by atoms with van der Waals surface area (Å²) < 4.78 is 0. The van der Waals surface area contributed by atoms with Crippen LogP contribution in [0.4, 0.5) is 0 Å². The Balaban J connectivity index is 1.61. The van der Waals surface area contributed by atoms with Crippen molar-refractivity contribution in [3.8, 4) is 0 Å². The largest absolute Gasteiger partial charge is 0.297 e. The summed E-state index contributed by atoms with van der Waals surface area (Å²) in [7, 11) is 0. The Hall–Kier alpha value is -0.860. The molecule has 0 bridgehead atoms. The van der Waals surface area contributed by atoms with Crippen LogP contribution in [0.15, 0.2) is 30.3 Å². The molecule has 4 rings (SSSR count). The van der Waals surface area contributed by atoms with E-state index in [1.807, 2.05) is 0 Å². The van der Waals surface area contributed by atoms with Gasteiger partial charge in [0.05, 0.1) is 0 Å². The van der Waals surface area contributed by atoms with Crippen LogP contribution in [0.3, 0.4) is 0 Å². The van der Waals surface area contributed by atoms with Crippen LogP contribution in [0.2, 0.25) is 0 Å². The minimum atomic E-state index is 0.612. The second-order valence-electron chi connectivity index (χ2n) is 6.99. The number of fused-ring (bicyclic) bond motifs is 1. The van der Waals surface area contributed by atoms with E-state index < -0.39 is 0 Å². The van der Waals surface area contributed by atoms with Crippen molar-refractivity contribution in [2.45, 2.75) is 50.7 Å². The molecule has 3 fully saturated rings. The maximum atomic E-state index is 2.83. The van der Waals surface area contributed by atoms with Gasteiger partial charge in [-0.25, -0.2) is 0 Å². The van der Waals surface area contributed by atoms with Gasteiger partial charge in [0.15, 0.2) is 0 Å². The average Bonchev–Trinajstić information content (AvgIpc) is 3.24. The summed E-state index contributed by atoms with van der Waals surface area (Å²) >= 11 is 0. The van der Waals surface area contributed by atoms with Gasteiger partial charge in [-0.05, 0) is 50.6 Å². The Morgan fingerprint density at radius 2 is 1.85 bits per heavy atom. The monoisotopic (exact) mass is 270 g/mol. The fraction of sp³-hybridized carbons (Fsp3) is 0.667. The van der Waals surface area contributed by atoms with Gasteiger partial charge in [0.1, 0.15) is 0 Å². The number of piperazine rings is 1. The van der Waals surface area contributed by atoms with Gasteiger partial charge in [-0.3, -0.25) is 9.80 Å². The smallest absolute Gasteiger partial charge is 0.0478 e. The first-order valence-corrected chi connectivity index (χ1v) is 8.37. The second kappa shape index (κ2) is 5.16. The third-order valence-corrected chi connectivity index (χ3v) is 5.74. The molecule has 1 aliphatic carbocycles. The molecule has 0 radical (unpaired) electrons. The molecule has 1 saturated carbocycles. The summed E-state index contributed by atoms with van der Waals surface area (Å²) in [6.07, 6.45) is 5.72. The van der Waals surface area contributed by atoms with E-state index in [9.17, 15) is 0 Å². The minimum absolute atomic E-state index is 0.612. The third kappa shape index (κ3) is 2.29. The molecule has 2 heteroatoms. The van der Waals surface area contributed by atoms with Crippen LogP contribution in [-0.2, 0) is 0 Å². The Morgan fingerprint density at radius 3 is 2.60 bits per heavy atom. The highest BCUT2D eigenvalue weighted by Crippen LogP contribution is 2.41. The Labute approximate surface area is 122 Å². The number of nitrogens with zero attached hydrogens (tertiary/aromatic N) is 2. The Kier molecular flexibility index (Phi) is 3.31. The maximum absolute atomic E-state index is 2.83. The van der Waals surface area contributed by atoms with Crippen LogP contribution in [0.25, 0.3) is 0 Å². The van der Waals surface area contributed by atoms with Crippen molar-refractivity contribution in [2.24, 2.45) is 5.92 Å². The number of hydrogen-bond donors (Lipinski definition) is 0. The lowest BCUT2D eigenvalue weighted by Crippen LogP contribution is -2.54. The minimum Gasteiger partial charge on any atom is -0.297 e. The lowest BCUT2D eigenvalue weighted by molar-refractivity contribution is 0.0176. The van der Waals surface area contributed by atoms with Gasteiger partial charge in [0.2, 0.25) is 0 Å². The van der Waals surface area contributed by atoms with Crippen molar-refractivity contribution in [1.82, 2.24) is 9.80 Å². The van der Waals surface area contributed by atoms with E-state index in [1.165, 1.54) is 50.9 Å². The molecule has 2 heterocycles. The highest BCUT2D eigenvalue weighted by Gasteiger charge is 2.42. The van der Waals surface area contributed by atoms with Crippen molar-refractivity contribution in [1.29, 1.82) is 0 Å². The van der Waals surface area contributed by atoms with Crippen molar-refractivity contribution in [3.63, 3.8) is 0 Å². The van der Waals surface area contributed by atoms with Crippen LogP contribution in [0, 0.1) is 5.92 Å². The van der Waals surface area contributed by atoms with Crippen molar-refractivity contribution < 1.29 is 0 Å². The molecule has 20 heavy (non-hydrogen) atoms. The van der Waals surface area contributed by atoms with Gasteiger partial charge < -0.3 is 0 Å². The van der Waals surface area contributed by atoms with Crippen LogP contribution in [-0.4, -0.2) is 41.5 Å². The highest BCUT2D eigenvalue weighted by molar-refractivity contribution is 5.21. The Bertz CT molecular complexity index is 454. The number of rotatable bonds is 3. The van der Waals surface area contributed by atoms with Gasteiger partial charge in [-0.15, -0.1) is 0 Å². The predicted molar refractivity (Wildman–Crippen MR) is 82.7 cm³/mol. The molecule has 3 unspecified atom stereocenters. The molecular formula is C18H26N2. The van der Waals surface area contributed by atoms with Crippen LogP contribution in [0.5, 0.6) is 0 Å². The van der Waals surface area contributed by atoms with E-state index in [4.69, 9.17) is 0 Å². The summed E-state index contributed by atoms with van der Waals surface area (Å²) in [6, 6.07) is 13.4. The van der Waals surface area contributed by atoms with Crippen molar-refractivity contribution in [3.05, 3.63) is 35.9 Å². The molecule has 0 spiro atoms. The lowest BCUT2D eigenvalue weighted by Gasteiger charge is -2.47. The summed E-state index contributed by atoms with van der Waals surface area (Å²) in [5.74, 6) is 0.967. The molecule has 2 aliphatic heterocycles.